The van der Waals surface area contributed by atoms with Crippen LogP contribution in [-0.4, -0.2) is 11.8 Å². The molecule has 1 aliphatic carbocycles. The van der Waals surface area contributed by atoms with Crippen molar-refractivity contribution in [1.29, 1.82) is 0 Å². The summed E-state index contributed by atoms with van der Waals surface area (Å²) >= 11 is 1.88. The van der Waals surface area contributed by atoms with E-state index in [1.807, 2.05) is 11.3 Å². The smallest absolute Gasteiger partial charge is 0.135 e. The average Bonchev–Trinajstić information content (AvgIpc) is 3.91. The van der Waals surface area contributed by atoms with Crippen LogP contribution in [0.15, 0.2) is 191 Å². The van der Waals surface area contributed by atoms with Gasteiger partial charge in [0.15, 0.2) is 0 Å². The van der Waals surface area contributed by atoms with Gasteiger partial charge in [-0.05, 0) is 106 Å². The second kappa shape index (κ2) is 16.0. The molecule has 2 aromatic heterocycles. The van der Waals surface area contributed by atoms with Gasteiger partial charge in [-0.15, -0.1) is 11.3 Å². The fourth-order valence-corrected chi connectivity index (χ4v) is 11.5. The molecule has 62 heavy (non-hydrogen) atoms. The van der Waals surface area contributed by atoms with Gasteiger partial charge in [0.1, 0.15) is 11.3 Å². The number of allylic oxidation sites excluding steroid dienone is 3. The molecular weight excluding hydrogens is 771 g/mol. The van der Waals surface area contributed by atoms with Crippen LogP contribution >= 0.6 is 11.3 Å². The molecule has 3 heterocycles. The van der Waals surface area contributed by atoms with Crippen LogP contribution in [0.1, 0.15) is 62.5 Å². The maximum absolute atomic E-state index is 6.97. The van der Waals surface area contributed by atoms with Gasteiger partial charge in [-0.1, -0.05) is 178 Å². The van der Waals surface area contributed by atoms with Crippen LogP contribution in [0.4, 0.5) is 0 Å². The Morgan fingerprint density at radius 2 is 1.19 bits per heavy atom. The quantitative estimate of drug-likeness (QED) is 0.157. The largest absolute Gasteiger partial charge is 0.460 e. The van der Waals surface area contributed by atoms with Gasteiger partial charge in [-0.3, -0.25) is 4.99 Å². The first-order valence-electron chi connectivity index (χ1n) is 22.3. The van der Waals surface area contributed by atoms with E-state index < -0.39 is 0 Å². The third kappa shape index (κ3) is 6.67. The number of hydrogen-bond acceptors (Lipinski definition) is 3. The second-order valence-corrected chi connectivity index (χ2v) is 18.2. The predicted molar refractivity (Wildman–Crippen MR) is 265 cm³/mol. The second-order valence-electron chi connectivity index (χ2n) is 17.2. The minimum atomic E-state index is -0.0279. The van der Waals surface area contributed by atoms with E-state index in [1.54, 1.807) is 0 Å². The van der Waals surface area contributed by atoms with Crippen LogP contribution in [0.3, 0.4) is 0 Å². The van der Waals surface area contributed by atoms with Crippen molar-refractivity contribution in [2.75, 3.05) is 0 Å². The Bertz CT molecular complexity index is 3200. The van der Waals surface area contributed by atoms with E-state index in [0.29, 0.717) is 5.92 Å². The first-order valence-corrected chi connectivity index (χ1v) is 23.1. The topological polar surface area (TPSA) is 25.5 Å². The lowest BCUT2D eigenvalue weighted by atomic mass is 9.75. The van der Waals surface area contributed by atoms with Gasteiger partial charge >= 0.3 is 0 Å². The van der Waals surface area contributed by atoms with Crippen molar-refractivity contribution in [3.8, 4) is 33.4 Å². The minimum Gasteiger partial charge on any atom is -0.460 e. The number of thiophene rings is 1. The van der Waals surface area contributed by atoms with Crippen LogP contribution in [0.5, 0.6) is 0 Å². The number of aryl methyl sites for hydroxylation is 1. The lowest BCUT2D eigenvalue weighted by Crippen LogP contribution is -2.29. The normalized spacial score (nSPS) is 19.2. The molecule has 0 bridgehead atoms. The summed E-state index contributed by atoms with van der Waals surface area (Å²) in [6.45, 7) is 7.06. The molecule has 7 aromatic carbocycles. The maximum atomic E-state index is 6.97. The highest BCUT2D eigenvalue weighted by Gasteiger charge is 2.35. The zero-order valence-electron chi connectivity index (χ0n) is 35.6. The molecule has 0 fully saturated rings. The highest BCUT2D eigenvalue weighted by Crippen LogP contribution is 2.48. The summed E-state index contributed by atoms with van der Waals surface area (Å²) in [4.78, 5) is 5.96. The number of rotatable bonds is 7. The standard InChI is InChI=1S/C59H49NOS/c1-4-39-35-50(43-21-12-7-13-22-43)37(2)38(3)58(44-31-29-41(30-32-44)40-17-8-5-9-18-40)60-59(39)49-25-14-26-51-55(49)48-34-33-45(36-52(48)61-51)47-24-16-28-54-57(47)56-46(23-15-27-53(56)62-54)42-19-10-6-11-20-42/h5-13,15-25,27-34,36,38-39,59H,4,14,26,35H2,1-3H3/b50-37-,60-58?. The van der Waals surface area contributed by atoms with Crippen molar-refractivity contribution in [2.45, 2.75) is 52.5 Å². The molecule has 2 nitrogen and oxygen atoms in total. The van der Waals surface area contributed by atoms with E-state index in [1.165, 1.54) is 92.3 Å². The minimum absolute atomic E-state index is 0.0279. The molecule has 3 heteroatoms. The zero-order valence-corrected chi connectivity index (χ0v) is 36.4. The third-order valence-corrected chi connectivity index (χ3v) is 14.8. The Hall–Kier alpha value is -6.55. The Labute approximate surface area is 368 Å². The van der Waals surface area contributed by atoms with Crippen LogP contribution < -0.4 is 0 Å². The van der Waals surface area contributed by atoms with Gasteiger partial charge < -0.3 is 4.42 Å². The first kappa shape index (κ1) is 38.4. The number of nitrogens with zero attached hydrogens (tertiary/aromatic N) is 1. The molecule has 1 aliphatic heterocycles. The fourth-order valence-electron chi connectivity index (χ4n) is 10.3. The molecule has 3 atom stereocenters. The molecule has 0 spiro atoms. The summed E-state index contributed by atoms with van der Waals surface area (Å²) in [6, 6.07) is 62.1. The van der Waals surface area contributed by atoms with Crippen molar-refractivity contribution in [2.24, 2.45) is 16.8 Å². The Morgan fingerprint density at radius 1 is 0.613 bits per heavy atom. The predicted octanol–water partition coefficient (Wildman–Crippen LogP) is 16.5. The molecule has 302 valence electrons. The first-order chi connectivity index (χ1) is 30.5. The maximum Gasteiger partial charge on any atom is 0.135 e. The number of furan rings is 1. The van der Waals surface area contributed by atoms with Gasteiger partial charge in [0.2, 0.25) is 0 Å². The van der Waals surface area contributed by atoms with Crippen LogP contribution in [0.2, 0.25) is 0 Å². The van der Waals surface area contributed by atoms with E-state index in [9.17, 15) is 0 Å². The molecule has 9 aromatic rings. The number of fused-ring (bicyclic) bond motifs is 6. The van der Waals surface area contributed by atoms with Crippen molar-refractivity contribution in [3.05, 3.63) is 204 Å². The van der Waals surface area contributed by atoms with Crippen LogP contribution in [0, 0.1) is 11.8 Å². The van der Waals surface area contributed by atoms with Gasteiger partial charge in [0, 0.05) is 49.2 Å². The monoisotopic (exact) mass is 819 g/mol. The molecule has 0 amide bonds. The van der Waals surface area contributed by atoms with Crippen LogP contribution in [0.25, 0.3) is 75.7 Å². The summed E-state index contributed by atoms with van der Waals surface area (Å²) < 4.78 is 9.58. The van der Waals surface area contributed by atoms with Gasteiger partial charge in [0.25, 0.3) is 0 Å². The molecule has 0 saturated heterocycles. The van der Waals surface area contributed by atoms with Crippen LogP contribution in [-0.2, 0) is 6.42 Å². The lowest BCUT2D eigenvalue weighted by Gasteiger charge is -2.34. The fraction of sp³-hybridized carbons (Fsp3) is 0.169. The van der Waals surface area contributed by atoms with Crippen molar-refractivity contribution in [1.82, 2.24) is 0 Å². The summed E-state index contributed by atoms with van der Waals surface area (Å²) in [7, 11) is 0. The summed E-state index contributed by atoms with van der Waals surface area (Å²) in [5, 5.41) is 3.82. The number of benzene rings is 7. The summed E-state index contributed by atoms with van der Waals surface area (Å²) in [5.41, 5.74) is 17.4. The Kier molecular flexibility index (Phi) is 9.93. The van der Waals surface area contributed by atoms with E-state index in [2.05, 4.69) is 197 Å². The van der Waals surface area contributed by atoms with Gasteiger partial charge in [0.05, 0.1) is 6.04 Å². The lowest BCUT2D eigenvalue weighted by molar-refractivity contribution is 0.470. The molecule has 0 N–H and O–H groups in total. The molecule has 2 aliphatic rings. The van der Waals surface area contributed by atoms with Crippen molar-refractivity contribution >= 4 is 59.3 Å². The number of hydrogen-bond donors (Lipinski definition) is 0. The van der Waals surface area contributed by atoms with Gasteiger partial charge in [-0.25, -0.2) is 0 Å². The van der Waals surface area contributed by atoms with E-state index in [-0.39, 0.29) is 12.0 Å². The Balaban J connectivity index is 1.04. The van der Waals surface area contributed by atoms with E-state index in [4.69, 9.17) is 9.41 Å². The average molecular weight is 820 g/mol. The Morgan fingerprint density at radius 3 is 1.85 bits per heavy atom. The van der Waals surface area contributed by atoms with Crippen molar-refractivity contribution < 1.29 is 4.42 Å². The number of aliphatic imine (C=N–C) groups is 1. The SMILES string of the molecule is CCC1C/C(c2ccccc2)=C(\C)C(C)C(c2ccc(-c3ccccc3)cc2)=NC1C1=CCCc2oc3cc(-c4cccc5sc6cccc(-c7ccccc7)c6c45)ccc3c21. The third-order valence-electron chi connectivity index (χ3n) is 13.7. The van der Waals surface area contributed by atoms with E-state index >= 15 is 0 Å². The summed E-state index contributed by atoms with van der Waals surface area (Å²) in [5.74, 6) is 1.53. The zero-order chi connectivity index (χ0) is 41.7. The molecule has 0 radical (unpaired) electrons. The highest BCUT2D eigenvalue weighted by molar-refractivity contribution is 7.26. The summed E-state index contributed by atoms with van der Waals surface area (Å²) in [6.07, 6.45) is 6.31. The molecule has 0 saturated carbocycles. The molecular formula is C59H49NOS. The van der Waals surface area contributed by atoms with Gasteiger partial charge in [-0.2, -0.15) is 0 Å². The molecule has 11 rings (SSSR count). The highest BCUT2D eigenvalue weighted by atomic mass is 32.1. The van der Waals surface area contributed by atoms with E-state index in [0.717, 1.165) is 42.7 Å². The molecule has 3 unspecified atom stereocenters. The van der Waals surface area contributed by atoms with Crippen molar-refractivity contribution in [3.63, 3.8) is 0 Å².